The van der Waals surface area contributed by atoms with Crippen molar-refractivity contribution in [3.8, 4) is 0 Å². The highest BCUT2D eigenvalue weighted by Crippen LogP contribution is 2.31. The van der Waals surface area contributed by atoms with Gasteiger partial charge in [0.2, 0.25) is 0 Å². The Kier molecular flexibility index (Phi) is 7.63. The summed E-state index contributed by atoms with van der Waals surface area (Å²) in [4.78, 5) is 0. The van der Waals surface area contributed by atoms with Crippen molar-refractivity contribution >= 4 is 0 Å². The Morgan fingerprint density at radius 2 is 0.306 bits per heavy atom. The molecule has 7 rings (SSSR count). The molecule has 0 spiro atoms. The molecule has 12 bridgehead atoms. The van der Waals surface area contributed by atoms with Gasteiger partial charge in [0.15, 0.2) is 0 Å². The fraction of sp³-hybridized carbons (Fsp3) is 1.00. The van der Waals surface area contributed by atoms with Crippen molar-refractivity contribution in [1.29, 1.82) is 0 Å². The molecule has 0 aromatic carbocycles. The summed E-state index contributed by atoms with van der Waals surface area (Å²) in [5.41, 5.74) is 0. The van der Waals surface area contributed by atoms with Gasteiger partial charge in [-0.3, -0.25) is 0 Å². The molecule has 0 saturated carbocycles. The van der Waals surface area contributed by atoms with Crippen LogP contribution in [0, 0.1) is 0 Å². The Balaban J connectivity index is 0.972. The summed E-state index contributed by atoms with van der Waals surface area (Å²) in [6.07, 6.45) is 24.7. The normalized spacial score (nSPS) is 52.0. The SMILES string of the molecule is C1CC2CC3CCC(CC4CCC(CC5CCC(CC6CCC(CC7CCC(CC1N2)N7)N6)N5)N4)N3. The second-order valence-corrected chi connectivity index (χ2v) is 14.2. The first-order chi connectivity index (χ1) is 17.7. The Bertz CT molecular complexity index is 529. The van der Waals surface area contributed by atoms with Gasteiger partial charge in [-0.1, -0.05) is 0 Å². The van der Waals surface area contributed by atoms with E-state index in [2.05, 4.69) is 31.9 Å². The van der Waals surface area contributed by atoms with E-state index in [0.29, 0.717) is 0 Å². The van der Waals surface area contributed by atoms with E-state index in [1.807, 2.05) is 0 Å². The van der Waals surface area contributed by atoms with Gasteiger partial charge in [-0.15, -0.1) is 0 Å². The monoisotopic (exact) mass is 498 g/mol. The molecule has 6 heteroatoms. The standard InChI is InChI=1S/C30H54N6/c1-2-20-14-22-5-6-24(33-22)16-26-9-10-28(35-26)18-30-12-11-29(36-30)17-27-8-7-25(34-27)15-23-4-3-21(32-23)13-19(1)31-20/h19-36H,1-18H2. The third-order valence-electron chi connectivity index (χ3n) is 11.4. The van der Waals surface area contributed by atoms with E-state index in [9.17, 15) is 0 Å². The van der Waals surface area contributed by atoms with Crippen LogP contribution in [0.2, 0.25) is 0 Å². The maximum absolute atomic E-state index is 4.06. The molecule has 36 heavy (non-hydrogen) atoms. The molecule has 6 nitrogen and oxygen atoms in total. The molecule has 0 radical (unpaired) electrons. The van der Waals surface area contributed by atoms with Crippen LogP contribution in [0.15, 0.2) is 0 Å². The highest BCUT2D eigenvalue weighted by atomic mass is 15.1. The van der Waals surface area contributed by atoms with Crippen molar-refractivity contribution in [2.75, 3.05) is 0 Å². The third-order valence-corrected chi connectivity index (χ3v) is 11.4. The van der Waals surface area contributed by atoms with Crippen molar-refractivity contribution in [2.45, 2.75) is 188 Å². The van der Waals surface area contributed by atoms with Gasteiger partial charge in [-0.05, 0) is 116 Å². The lowest BCUT2D eigenvalue weighted by Crippen LogP contribution is -2.43. The molecule has 7 aliphatic rings. The van der Waals surface area contributed by atoms with Crippen LogP contribution in [0.1, 0.15) is 116 Å². The van der Waals surface area contributed by atoms with Gasteiger partial charge >= 0.3 is 0 Å². The fourth-order valence-electron chi connectivity index (χ4n) is 9.71. The lowest BCUT2D eigenvalue weighted by Gasteiger charge is -2.24. The van der Waals surface area contributed by atoms with Crippen LogP contribution in [-0.2, 0) is 0 Å². The first-order valence-corrected chi connectivity index (χ1v) is 16.3. The van der Waals surface area contributed by atoms with E-state index < -0.39 is 0 Å². The van der Waals surface area contributed by atoms with Gasteiger partial charge in [0.05, 0.1) is 0 Å². The molecule has 7 aliphatic heterocycles. The van der Waals surface area contributed by atoms with Crippen LogP contribution < -0.4 is 31.9 Å². The number of rotatable bonds is 0. The maximum Gasteiger partial charge on any atom is 0.00850 e. The summed E-state index contributed by atoms with van der Waals surface area (Å²) in [5, 5.41) is 24.4. The molecule has 12 unspecified atom stereocenters. The summed E-state index contributed by atoms with van der Waals surface area (Å²) in [7, 11) is 0. The minimum absolute atomic E-state index is 0.741. The topological polar surface area (TPSA) is 72.2 Å². The van der Waals surface area contributed by atoms with Gasteiger partial charge < -0.3 is 31.9 Å². The van der Waals surface area contributed by atoms with Crippen LogP contribution >= 0.6 is 0 Å². The number of hydrogen-bond acceptors (Lipinski definition) is 6. The Labute approximate surface area is 220 Å². The van der Waals surface area contributed by atoms with Crippen LogP contribution in [0.3, 0.4) is 0 Å². The van der Waals surface area contributed by atoms with Crippen LogP contribution in [0.25, 0.3) is 0 Å². The van der Waals surface area contributed by atoms with Crippen molar-refractivity contribution in [3.05, 3.63) is 0 Å². The summed E-state index contributed by atoms with van der Waals surface area (Å²) in [6.45, 7) is 0. The largest absolute Gasteiger partial charge is 0.311 e. The van der Waals surface area contributed by atoms with Gasteiger partial charge in [-0.2, -0.15) is 0 Å². The minimum atomic E-state index is 0.741. The first kappa shape index (κ1) is 24.8. The minimum Gasteiger partial charge on any atom is -0.311 e. The maximum atomic E-state index is 4.06. The molecule has 7 heterocycles. The zero-order valence-electron chi connectivity index (χ0n) is 22.7. The van der Waals surface area contributed by atoms with Crippen molar-refractivity contribution < 1.29 is 0 Å². The van der Waals surface area contributed by atoms with E-state index in [-0.39, 0.29) is 0 Å². The second-order valence-electron chi connectivity index (χ2n) is 14.2. The molecule has 0 amide bonds. The molecular formula is C30H54N6. The molecule has 7 fully saturated rings. The fourth-order valence-corrected chi connectivity index (χ4v) is 9.71. The Morgan fingerprint density at radius 3 is 0.417 bits per heavy atom. The molecule has 0 aromatic rings. The number of fused-ring (bicyclic) bond motifs is 12. The van der Waals surface area contributed by atoms with Crippen molar-refractivity contribution in [2.24, 2.45) is 0 Å². The van der Waals surface area contributed by atoms with Gasteiger partial charge in [0.25, 0.3) is 0 Å². The van der Waals surface area contributed by atoms with E-state index in [1.165, 1.54) is 116 Å². The van der Waals surface area contributed by atoms with E-state index in [4.69, 9.17) is 0 Å². The zero-order valence-corrected chi connectivity index (χ0v) is 22.7. The number of hydrogen-bond donors (Lipinski definition) is 6. The summed E-state index contributed by atoms with van der Waals surface area (Å²) >= 11 is 0. The van der Waals surface area contributed by atoms with E-state index in [1.54, 1.807) is 0 Å². The van der Waals surface area contributed by atoms with Crippen molar-refractivity contribution in [3.63, 3.8) is 0 Å². The second kappa shape index (κ2) is 11.1. The number of nitrogens with one attached hydrogen (secondary N) is 6. The molecule has 0 aliphatic carbocycles. The Morgan fingerprint density at radius 1 is 0.194 bits per heavy atom. The van der Waals surface area contributed by atoms with E-state index in [0.717, 1.165) is 72.5 Å². The summed E-state index contributed by atoms with van der Waals surface area (Å²) in [6, 6.07) is 8.89. The average Bonchev–Trinajstić information content (AvgIpc) is 3.68. The molecular weight excluding hydrogens is 444 g/mol. The smallest absolute Gasteiger partial charge is 0.00850 e. The lowest BCUT2D eigenvalue weighted by atomic mass is 10.0. The quantitative estimate of drug-likeness (QED) is 0.309. The van der Waals surface area contributed by atoms with Crippen LogP contribution in [0.5, 0.6) is 0 Å². The van der Waals surface area contributed by atoms with Gasteiger partial charge in [0.1, 0.15) is 0 Å². The van der Waals surface area contributed by atoms with Gasteiger partial charge in [-0.25, -0.2) is 0 Å². The highest BCUT2D eigenvalue weighted by Gasteiger charge is 2.37. The zero-order chi connectivity index (χ0) is 23.9. The first-order valence-electron chi connectivity index (χ1n) is 16.3. The predicted octanol–water partition coefficient (Wildman–Crippen LogP) is 3.06. The van der Waals surface area contributed by atoms with E-state index >= 15 is 0 Å². The average molecular weight is 499 g/mol. The predicted molar refractivity (Wildman–Crippen MR) is 147 cm³/mol. The molecule has 12 atom stereocenters. The molecule has 6 N–H and O–H groups in total. The summed E-state index contributed by atoms with van der Waals surface area (Å²) < 4.78 is 0. The van der Waals surface area contributed by atoms with Crippen LogP contribution in [0.4, 0.5) is 0 Å². The van der Waals surface area contributed by atoms with Crippen molar-refractivity contribution in [1.82, 2.24) is 31.9 Å². The van der Waals surface area contributed by atoms with Gasteiger partial charge in [0, 0.05) is 72.5 Å². The molecule has 0 aromatic heterocycles. The summed E-state index contributed by atoms with van der Waals surface area (Å²) in [5.74, 6) is 0. The van der Waals surface area contributed by atoms with Crippen LogP contribution in [-0.4, -0.2) is 72.5 Å². The third kappa shape index (κ3) is 5.99. The lowest BCUT2D eigenvalue weighted by molar-refractivity contribution is 0.369. The molecule has 7 saturated heterocycles. The Hall–Kier alpha value is -0.240. The highest BCUT2D eigenvalue weighted by molar-refractivity contribution is 4.99. The molecule has 204 valence electrons.